The number of rotatable bonds is 7. The molecule has 7 heteroatoms. The Hall–Kier alpha value is -2.15. The summed E-state index contributed by atoms with van der Waals surface area (Å²) in [6.07, 6.45) is 3.07. The van der Waals surface area contributed by atoms with Gasteiger partial charge in [0.05, 0.1) is 11.8 Å². The van der Waals surface area contributed by atoms with Crippen molar-refractivity contribution in [1.29, 1.82) is 0 Å². The predicted octanol–water partition coefficient (Wildman–Crippen LogP) is 3.23. The molecule has 1 unspecified atom stereocenters. The Labute approximate surface area is 157 Å². The van der Waals surface area contributed by atoms with E-state index < -0.39 is 11.2 Å². The van der Waals surface area contributed by atoms with E-state index in [0.717, 1.165) is 17.2 Å². The van der Waals surface area contributed by atoms with Gasteiger partial charge >= 0.3 is 5.63 Å². The maximum atomic E-state index is 12.9. The van der Waals surface area contributed by atoms with Gasteiger partial charge in [-0.1, -0.05) is 26.0 Å². The Morgan fingerprint density at radius 2 is 2.31 bits per heavy atom. The Kier molecular flexibility index (Phi) is 6.58. The van der Waals surface area contributed by atoms with E-state index in [4.69, 9.17) is 4.42 Å². The van der Waals surface area contributed by atoms with Gasteiger partial charge in [-0.05, 0) is 31.9 Å². The van der Waals surface area contributed by atoms with Crippen LogP contribution in [-0.2, 0) is 4.79 Å². The maximum absolute atomic E-state index is 12.9. The number of carbonyl (C=O) groups excluding carboxylic acids is 1. The van der Waals surface area contributed by atoms with Crippen molar-refractivity contribution in [1.82, 2.24) is 5.32 Å². The normalized spacial score (nSPS) is 21.2. The molecule has 2 heterocycles. The first-order chi connectivity index (χ1) is 12.3. The van der Waals surface area contributed by atoms with Crippen molar-refractivity contribution >= 4 is 34.5 Å². The van der Waals surface area contributed by atoms with Crippen LogP contribution >= 0.6 is 11.8 Å². The molecule has 140 valence electrons. The van der Waals surface area contributed by atoms with Gasteiger partial charge in [0.25, 0.3) is 0 Å². The van der Waals surface area contributed by atoms with Gasteiger partial charge in [0.2, 0.25) is 5.91 Å². The third-order valence-corrected chi connectivity index (χ3v) is 5.61. The van der Waals surface area contributed by atoms with Crippen LogP contribution in [0.3, 0.4) is 0 Å². The van der Waals surface area contributed by atoms with Gasteiger partial charge in [-0.25, -0.2) is 4.79 Å². The summed E-state index contributed by atoms with van der Waals surface area (Å²) >= 11 is 1.53. The second kappa shape index (κ2) is 8.49. The second-order valence-corrected chi connectivity index (χ2v) is 7.38. The minimum Gasteiger partial charge on any atom is -0.426 e. The molecule has 2 rings (SSSR count). The first-order valence-electron chi connectivity index (χ1n) is 8.58. The van der Waals surface area contributed by atoms with Crippen molar-refractivity contribution in [2.75, 3.05) is 12.8 Å². The zero-order chi connectivity index (χ0) is 19.3. The zero-order valence-electron chi connectivity index (χ0n) is 15.7. The lowest BCUT2D eigenvalue weighted by Crippen LogP contribution is -2.45. The van der Waals surface area contributed by atoms with E-state index in [1.54, 1.807) is 19.2 Å². The third kappa shape index (κ3) is 4.52. The molecular weight excluding hydrogens is 350 g/mol. The third-order valence-electron chi connectivity index (χ3n) is 4.25. The van der Waals surface area contributed by atoms with E-state index in [9.17, 15) is 9.59 Å². The van der Waals surface area contributed by atoms with Gasteiger partial charge < -0.3 is 9.73 Å². The van der Waals surface area contributed by atoms with E-state index in [1.807, 2.05) is 20.8 Å². The van der Waals surface area contributed by atoms with Crippen LogP contribution in [0.5, 0.6) is 0 Å². The lowest BCUT2D eigenvalue weighted by molar-refractivity contribution is -0.125. The van der Waals surface area contributed by atoms with E-state index in [0.29, 0.717) is 23.5 Å². The van der Waals surface area contributed by atoms with E-state index in [2.05, 4.69) is 21.9 Å². The molecule has 0 spiro atoms. The van der Waals surface area contributed by atoms with Crippen molar-refractivity contribution in [2.45, 2.75) is 45.2 Å². The lowest BCUT2D eigenvalue weighted by Gasteiger charge is -2.24. The first-order valence-corrected chi connectivity index (χ1v) is 9.56. The molecule has 0 saturated carbocycles. The van der Waals surface area contributed by atoms with Crippen LogP contribution in [0.15, 0.2) is 37.9 Å². The molecule has 26 heavy (non-hydrogen) atoms. The number of hydrogen-bond acceptors (Lipinski definition) is 6. The molecule has 1 aromatic rings. The highest BCUT2D eigenvalue weighted by Crippen LogP contribution is 2.30. The van der Waals surface area contributed by atoms with Gasteiger partial charge in [-0.3, -0.25) is 14.8 Å². The average Bonchev–Trinajstić information content (AvgIpc) is 3.03. The molecule has 1 aliphatic heterocycles. The van der Waals surface area contributed by atoms with Crippen molar-refractivity contribution in [3.63, 3.8) is 0 Å². The molecule has 0 saturated heterocycles. The molecule has 0 fully saturated rings. The number of thioether (sulfide) groups is 1. The van der Waals surface area contributed by atoms with Crippen molar-refractivity contribution in [3.05, 3.63) is 40.5 Å². The highest BCUT2D eigenvalue weighted by atomic mass is 32.2. The Morgan fingerprint density at radius 3 is 2.92 bits per heavy atom. The second-order valence-electron chi connectivity index (χ2n) is 6.42. The summed E-state index contributed by atoms with van der Waals surface area (Å²) in [4.78, 5) is 33.4. The monoisotopic (exact) mass is 375 g/mol. The summed E-state index contributed by atoms with van der Waals surface area (Å²) < 4.78 is 5.33. The largest absolute Gasteiger partial charge is 0.426 e. The van der Waals surface area contributed by atoms with Crippen LogP contribution in [0.25, 0.3) is 6.08 Å². The summed E-state index contributed by atoms with van der Waals surface area (Å²) in [6, 6.07) is 2.73. The number of nitrogens with zero attached hydrogens (tertiary/aromatic N) is 2. The molecule has 1 N–H and O–H groups in total. The van der Waals surface area contributed by atoms with Crippen molar-refractivity contribution < 1.29 is 9.21 Å². The summed E-state index contributed by atoms with van der Waals surface area (Å²) in [6.45, 7) is 9.39. The zero-order valence-corrected chi connectivity index (χ0v) is 16.5. The van der Waals surface area contributed by atoms with Crippen molar-refractivity contribution in [3.8, 4) is 0 Å². The molecule has 0 aromatic carbocycles. The van der Waals surface area contributed by atoms with Crippen LogP contribution in [0.2, 0.25) is 0 Å². The van der Waals surface area contributed by atoms with E-state index in [1.165, 1.54) is 17.8 Å². The fourth-order valence-electron chi connectivity index (χ4n) is 2.59. The molecule has 0 aliphatic carbocycles. The number of amides is 1. The molecular formula is C19H25N3O3S. The number of nitrogens with one attached hydrogen (secondary N) is 1. The van der Waals surface area contributed by atoms with Gasteiger partial charge in [-0.15, -0.1) is 11.8 Å². The number of aliphatic imine (C=N–C) groups is 2. The van der Waals surface area contributed by atoms with E-state index in [-0.39, 0.29) is 11.9 Å². The van der Waals surface area contributed by atoms with Crippen LogP contribution in [0.1, 0.15) is 51.0 Å². The SMILES string of the molecule is C=Cc1cc([C@@H](CCC)NC(=O)C2(C)CSC(C(C)=NC)=N2)oc(=O)c1. The van der Waals surface area contributed by atoms with Crippen LogP contribution in [0, 0.1) is 0 Å². The first kappa shape index (κ1) is 20.2. The van der Waals surface area contributed by atoms with Gasteiger partial charge in [-0.2, -0.15) is 0 Å². The van der Waals surface area contributed by atoms with Crippen molar-refractivity contribution in [2.24, 2.45) is 9.98 Å². The fraction of sp³-hybridized carbons (Fsp3) is 0.474. The van der Waals surface area contributed by atoms with Crippen LogP contribution < -0.4 is 10.9 Å². The molecule has 2 atom stereocenters. The summed E-state index contributed by atoms with van der Waals surface area (Å²) in [7, 11) is 1.71. The highest BCUT2D eigenvalue weighted by molar-refractivity contribution is 8.16. The molecule has 0 bridgehead atoms. The van der Waals surface area contributed by atoms with Gasteiger partial charge in [0.15, 0.2) is 0 Å². The fourth-order valence-corrected chi connectivity index (χ4v) is 3.77. The molecule has 6 nitrogen and oxygen atoms in total. The number of carbonyl (C=O) groups is 1. The van der Waals surface area contributed by atoms with Crippen LogP contribution in [0.4, 0.5) is 0 Å². The molecule has 1 amide bonds. The summed E-state index contributed by atoms with van der Waals surface area (Å²) in [5.74, 6) is 0.803. The minimum atomic E-state index is -0.867. The molecule has 1 aliphatic rings. The van der Waals surface area contributed by atoms with Crippen LogP contribution in [-0.4, -0.2) is 35.0 Å². The minimum absolute atomic E-state index is 0.186. The standard InChI is InChI=1S/C19H25N3O3S/c1-6-8-14(15-9-13(7-2)10-16(23)25-15)21-18(24)19(4)11-26-17(22-19)12(3)20-5/h7,9-10,14H,2,6,8,11H2,1,3-5H3,(H,21,24)/t14-,19?/m1/s1. The lowest BCUT2D eigenvalue weighted by atomic mass is 10.0. The number of hydrogen-bond donors (Lipinski definition) is 1. The molecule has 1 aromatic heterocycles. The molecule has 0 radical (unpaired) electrons. The maximum Gasteiger partial charge on any atom is 0.336 e. The quantitative estimate of drug-likeness (QED) is 0.742. The smallest absolute Gasteiger partial charge is 0.336 e. The Morgan fingerprint density at radius 1 is 1.58 bits per heavy atom. The topological polar surface area (TPSA) is 84.0 Å². The average molecular weight is 375 g/mol. The highest BCUT2D eigenvalue weighted by Gasteiger charge is 2.39. The Bertz CT molecular complexity index is 812. The summed E-state index contributed by atoms with van der Waals surface area (Å²) in [5, 5.41) is 3.80. The predicted molar refractivity (Wildman–Crippen MR) is 108 cm³/mol. The van der Waals surface area contributed by atoms with E-state index >= 15 is 0 Å². The Balaban J connectivity index is 2.26. The van der Waals surface area contributed by atoms with Gasteiger partial charge in [0, 0.05) is 18.9 Å². The van der Waals surface area contributed by atoms with Gasteiger partial charge in [0.1, 0.15) is 16.3 Å². The summed E-state index contributed by atoms with van der Waals surface area (Å²) in [5.41, 5.74) is 0.171.